The van der Waals surface area contributed by atoms with Crippen molar-refractivity contribution in [2.24, 2.45) is 7.05 Å². The van der Waals surface area contributed by atoms with Crippen LogP contribution >= 0.6 is 0 Å². The van der Waals surface area contributed by atoms with Crippen molar-refractivity contribution < 1.29 is 9.53 Å². The first-order chi connectivity index (χ1) is 13.8. The molecule has 1 aliphatic heterocycles. The number of amides is 1. The summed E-state index contributed by atoms with van der Waals surface area (Å²) in [6, 6.07) is 0.173. The second-order valence-corrected chi connectivity index (χ2v) is 8.29. The number of aryl methyl sites for hydroxylation is 1. The van der Waals surface area contributed by atoms with E-state index in [2.05, 4.69) is 25.5 Å². The molecule has 1 aliphatic rings. The van der Waals surface area contributed by atoms with Gasteiger partial charge in [-0.3, -0.25) is 4.68 Å². The molecule has 0 radical (unpaired) electrons. The molecule has 29 heavy (non-hydrogen) atoms. The lowest BCUT2D eigenvalue weighted by Gasteiger charge is -2.33. The number of carbonyl (C=O) groups excluding carboxylic acids is 1. The lowest BCUT2D eigenvalue weighted by Crippen LogP contribution is -2.42. The van der Waals surface area contributed by atoms with Crippen LogP contribution in [0.25, 0.3) is 11.0 Å². The van der Waals surface area contributed by atoms with Crippen molar-refractivity contribution in [3.8, 4) is 0 Å². The molecule has 1 fully saturated rings. The molecule has 0 aromatic carbocycles. The smallest absolute Gasteiger partial charge is 0.410 e. The van der Waals surface area contributed by atoms with Gasteiger partial charge in [0.1, 0.15) is 5.60 Å². The van der Waals surface area contributed by atoms with Crippen LogP contribution in [0.2, 0.25) is 0 Å². The van der Waals surface area contributed by atoms with Gasteiger partial charge in [-0.2, -0.15) is 15.2 Å². The maximum atomic E-state index is 12.3. The molecule has 0 unspecified atom stereocenters. The number of aromatic nitrogens is 6. The van der Waals surface area contributed by atoms with Crippen LogP contribution in [0.5, 0.6) is 0 Å². The van der Waals surface area contributed by atoms with Gasteiger partial charge >= 0.3 is 6.09 Å². The summed E-state index contributed by atoms with van der Waals surface area (Å²) in [5.74, 6) is 0.499. The van der Waals surface area contributed by atoms with Crippen molar-refractivity contribution in [3.05, 3.63) is 24.8 Å². The largest absolute Gasteiger partial charge is 0.444 e. The summed E-state index contributed by atoms with van der Waals surface area (Å²) >= 11 is 0. The van der Waals surface area contributed by atoms with Crippen LogP contribution in [-0.2, 0) is 11.8 Å². The Morgan fingerprint density at radius 3 is 2.59 bits per heavy atom. The van der Waals surface area contributed by atoms with E-state index in [1.165, 1.54) is 0 Å². The summed E-state index contributed by atoms with van der Waals surface area (Å²) in [6.45, 7) is 6.90. The number of nitrogens with one attached hydrogen (secondary N) is 1. The molecule has 4 rings (SSSR count). The van der Waals surface area contributed by atoms with Gasteiger partial charge in [0.15, 0.2) is 5.65 Å². The average Bonchev–Trinajstić information content (AvgIpc) is 3.26. The molecule has 10 heteroatoms. The van der Waals surface area contributed by atoms with Crippen LogP contribution in [0.1, 0.15) is 39.7 Å². The molecule has 0 atom stereocenters. The number of likely N-dealkylation sites (tertiary alicyclic amines) is 1. The Morgan fingerprint density at radius 1 is 1.17 bits per heavy atom. The molecule has 0 saturated carbocycles. The molecule has 3 aromatic heterocycles. The predicted octanol–water partition coefficient (Wildman–Crippen LogP) is 2.88. The third-order valence-corrected chi connectivity index (χ3v) is 4.76. The Hall–Kier alpha value is -3.17. The van der Waals surface area contributed by atoms with Crippen molar-refractivity contribution in [2.45, 2.75) is 45.3 Å². The van der Waals surface area contributed by atoms with Crippen LogP contribution in [0.15, 0.2) is 24.8 Å². The Kier molecular flexibility index (Phi) is 4.85. The fourth-order valence-corrected chi connectivity index (χ4v) is 3.40. The van der Waals surface area contributed by atoms with Gasteiger partial charge in [-0.05, 0) is 33.6 Å². The zero-order chi connectivity index (χ0) is 20.6. The van der Waals surface area contributed by atoms with E-state index >= 15 is 0 Å². The first-order valence-corrected chi connectivity index (χ1v) is 9.72. The van der Waals surface area contributed by atoms with Gasteiger partial charge in [0.2, 0.25) is 5.95 Å². The quantitative estimate of drug-likeness (QED) is 0.723. The minimum atomic E-state index is -0.485. The molecule has 1 saturated heterocycles. The van der Waals surface area contributed by atoms with E-state index < -0.39 is 5.60 Å². The van der Waals surface area contributed by atoms with E-state index in [4.69, 9.17) is 4.74 Å². The van der Waals surface area contributed by atoms with Crippen LogP contribution in [0.3, 0.4) is 0 Å². The fourth-order valence-electron chi connectivity index (χ4n) is 3.40. The molecular formula is C19H26N8O2. The molecule has 1 amide bonds. The van der Waals surface area contributed by atoms with Crippen molar-refractivity contribution in [3.63, 3.8) is 0 Å². The number of carbonyl (C=O) groups is 1. The number of anilines is 2. The molecule has 0 spiro atoms. The lowest BCUT2D eigenvalue weighted by atomic mass is 10.1. The van der Waals surface area contributed by atoms with Crippen molar-refractivity contribution in [2.75, 3.05) is 18.4 Å². The number of nitrogens with zero attached hydrogens (tertiary/aromatic N) is 7. The average molecular weight is 398 g/mol. The Balaban J connectivity index is 1.47. The molecule has 0 aliphatic carbocycles. The molecule has 1 N–H and O–H groups in total. The maximum Gasteiger partial charge on any atom is 0.410 e. The van der Waals surface area contributed by atoms with E-state index in [1.54, 1.807) is 28.2 Å². The molecule has 154 valence electrons. The fraction of sp³-hybridized carbons (Fsp3) is 0.526. The minimum absolute atomic E-state index is 0.173. The number of piperidine rings is 1. The summed E-state index contributed by atoms with van der Waals surface area (Å²) in [4.78, 5) is 23.1. The Labute approximate surface area is 168 Å². The monoisotopic (exact) mass is 398 g/mol. The van der Waals surface area contributed by atoms with Gasteiger partial charge in [0.25, 0.3) is 0 Å². The normalized spacial score (nSPS) is 15.7. The summed E-state index contributed by atoms with van der Waals surface area (Å²) in [6.07, 6.45) is 8.46. The second kappa shape index (κ2) is 7.34. The van der Waals surface area contributed by atoms with Crippen LogP contribution in [0, 0.1) is 0 Å². The minimum Gasteiger partial charge on any atom is -0.444 e. The molecule has 0 bridgehead atoms. The van der Waals surface area contributed by atoms with E-state index in [1.807, 2.05) is 38.7 Å². The van der Waals surface area contributed by atoms with Crippen LogP contribution < -0.4 is 5.32 Å². The summed E-state index contributed by atoms with van der Waals surface area (Å²) in [7, 11) is 1.86. The molecule has 4 heterocycles. The van der Waals surface area contributed by atoms with E-state index in [0.717, 1.165) is 29.6 Å². The second-order valence-electron chi connectivity index (χ2n) is 8.29. The highest BCUT2D eigenvalue weighted by Crippen LogP contribution is 2.27. The first kappa shape index (κ1) is 19.2. The molecule has 10 nitrogen and oxygen atoms in total. The number of fused-ring (bicyclic) bond motifs is 1. The Bertz CT molecular complexity index is 1010. The van der Waals surface area contributed by atoms with Crippen molar-refractivity contribution in [1.82, 2.24) is 34.4 Å². The Morgan fingerprint density at radius 2 is 1.93 bits per heavy atom. The predicted molar refractivity (Wildman–Crippen MR) is 108 cm³/mol. The maximum absolute atomic E-state index is 12.3. The van der Waals surface area contributed by atoms with E-state index in [-0.39, 0.29) is 12.1 Å². The molecular weight excluding hydrogens is 372 g/mol. The highest BCUT2D eigenvalue weighted by atomic mass is 16.6. The topological polar surface area (TPSA) is 103 Å². The zero-order valence-electron chi connectivity index (χ0n) is 17.2. The zero-order valence-corrected chi connectivity index (χ0v) is 17.2. The van der Waals surface area contributed by atoms with E-state index in [9.17, 15) is 4.79 Å². The number of hydrogen-bond acceptors (Lipinski definition) is 7. The standard InChI is InChI=1S/C19H26N8O2/c1-19(2,3)29-18(28)26-7-5-15(6-8-26)27-16-13(10-22-27)9-20-17(24-16)23-14-11-21-25(4)12-14/h9-12,15H,5-8H2,1-4H3,(H,20,23,24). The summed E-state index contributed by atoms with van der Waals surface area (Å²) in [5.41, 5.74) is 1.12. The highest BCUT2D eigenvalue weighted by Gasteiger charge is 2.28. The van der Waals surface area contributed by atoms with Gasteiger partial charge in [-0.1, -0.05) is 0 Å². The lowest BCUT2D eigenvalue weighted by molar-refractivity contribution is 0.0186. The van der Waals surface area contributed by atoms with Crippen LogP contribution in [0.4, 0.5) is 16.4 Å². The summed E-state index contributed by atoms with van der Waals surface area (Å²) < 4.78 is 9.13. The number of ether oxygens (including phenoxy) is 1. The third-order valence-electron chi connectivity index (χ3n) is 4.76. The number of hydrogen-bond donors (Lipinski definition) is 1. The number of rotatable bonds is 3. The van der Waals surface area contributed by atoms with Gasteiger partial charge in [-0.15, -0.1) is 0 Å². The summed E-state index contributed by atoms with van der Waals surface area (Å²) in [5, 5.41) is 12.7. The highest BCUT2D eigenvalue weighted by molar-refractivity contribution is 5.75. The van der Waals surface area contributed by atoms with Crippen molar-refractivity contribution >= 4 is 28.8 Å². The van der Waals surface area contributed by atoms with E-state index in [0.29, 0.717) is 19.0 Å². The van der Waals surface area contributed by atoms with Gasteiger partial charge in [0, 0.05) is 32.5 Å². The first-order valence-electron chi connectivity index (χ1n) is 9.72. The van der Waals surface area contributed by atoms with Gasteiger partial charge < -0.3 is 15.0 Å². The molecule has 3 aromatic rings. The third kappa shape index (κ3) is 4.30. The van der Waals surface area contributed by atoms with Crippen LogP contribution in [-0.4, -0.2) is 59.2 Å². The SMILES string of the molecule is Cn1cc(Nc2ncc3cnn(C4CCN(C(=O)OC(C)(C)C)CC4)c3n2)cn1. The van der Waals surface area contributed by atoms with Gasteiger partial charge in [-0.25, -0.2) is 14.5 Å². The van der Waals surface area contributed by atoms with Crippen molar-refractivity contribution in [1.29, 1.82) is 0 Å². The van der Waals surface area contributed by atoms with Gasteiger partial charge in [0.05, 0.1) is 29.5 Å².